The van der Waals surface area contributed by atoms with E-state index in [0.717, 1.165) is 64.7 Å². The number of hydrogen-bond donors (Lipinski definition) is 2. The molecule has 0 unspecified atom stereocenters. The highest BCUT2D eigenvalue weighted by Crippen LogP contribution is 2.39. The highest BCUT2D eigenvalue weighted by molar-refractivity contribution is 5.98. The first-order valence-corrected chi connectivity index (χ1v) is 15.4. The lowest BCUT2D eigenvalue weighted by molar-refractivity contribution is 0.0792. The summed E-state index contributed by atoms with van der Waals surface area (Å²) >= 11 is 0. The van der Waals surface area contributed by atoms with E-state index in [9.17, 15) is 4.79 Å². The fourth-order valence-corrected chi connectivity index (χ4v) is 6.90. The predicted molar refractivity (Wildman–Crippen MR) is 169 cm³/mol. The molecule has 1 saturated heterocycles. The second kappa shape index (κ2) is 10.2. The third-order valence-electron chi connectivity index (χ3n) is 9.36. The van der Waals surface area contributed by atoms with Crippen molar-refractivity contribution in [3.8, 4) is 17.3 Å². The smallest absolute Gasteiger partial charge is 0.258 e. The van der Waals surface area contributed by atoms with E-state index in [1.807, 2.05) is 39.6 Å². The van der Waals surface area contributed by atoms with Crippen LogP contribution in [0.5, 0.6) is 5.88 Å². The maximum absolute atomic E-state index is 13.7. The molecule has 0 aromatic carbocycles. The highest BCUT2D eigenvalue weighted by atomic mass is 16.5. The van der Waals surface area contributed by atoms with E-state index in [1.165, 1.54) is 12.8 Å². The van der Waals surface area contributed by atoms with Gasteiger partial charge in [-0.3, -0.25) is 9.20 Å². The number of anilines is 1. The van der Waals surface area contributed by atoms with Crippen molar-refractivity contribution < 1.29 is 9.53 Å². The van der Waals surface area contributed by atoms with Crippen molar-refractivity contribution in [3.63, 3.8) is 0 Å². The van der Waals surface area contributed by atoms with E-state index in [0.29, 0.717) is 23.0 Å². The average Bonchev–Trinajstić information content (AvgIpc) is 3.35. The van der Waals surface area contributed by atoms with E-state index >= 15 is 0 Å². The van der Waals surface area contributed by atoms with Crippen LogP contribution < -0.4 is 15.8 Å². The fourth-order valence-electron chi connectivity index (χ4n) is 6.90. The summed E-state index contributed by atoms with van der Waals surface area (Å²) in [6, 6.07) is 16.0. The number of aryl methyl sites for hydroxylation is 1. The molecule has 3 aliphatic rings. The number of pyridine rings is 3. The fraction of sp³-hybridized carbons (Fsp3) is 0.353. The Kier molecular flexibility index (Phi) is 6.23. The van der Waals surface area contributed by atoms with Crippen LogP contribution in [0.1, 0.15) is 60.4 Å². The van der Waals surface area contributed by atoms with Gasteiger partial charge in [0.1, 0.15) is 22.8 Å². The largest absolute Gasteiger partial charge is 0.482 e. The molecule has 44 heavy (non-hydrogen) atoms. The zero-order valence-corrected chi connectivity index (χ0v) is 25.2. The monoisotopic (exact) mass is 588 g/mol. The summed E-state index contributed by atoms with van der Waals surface area (Å²) < 4.78 is 10.2. The number of ether oxygens (including phenoxy) is 1. The molecule has 10 heteroatoms. The van der Waals surface area contributed by atoms with Crippen molar-refractivity contribution in [2.24, 2.45) is 11.7 Å². The summed E-state index contributed by atoms with van der Waals surface area (Å²) in [4.78, 5) is 30.3. The number of fused-ring (bicyclic) bond motifs is 4. The number of carbonyl (C=O) groups is 1. The summed E-state index contributed by atoms with van der Waals surface area (Å²) in [6.45, 7) is 5.05. The van der Waals surface area contributed by atoms with Crippen LogP contribution in [0.4, 0.5) is 5.82 Å². The van der Waals surface area contributed by atoms with Gasteiger partial charge in [0.25, 0.3) is 5.91 Å². The third-order valence-corrected chi connectivity index (χ3v) is 9.36. The van der Waals surface area contributed by atoms with Crippen molar-refractivity contribution in [2.75, 3.05) is 12.4 Å². The van der Waals surface area contributed by atoms with Crippen LogP contribution in [-0.2, 0) is 6.54 Å². The first-order valence-electron chi connectivity index (χ1n) is 15.4. The molecular weight excluding hydrogens is 552 g/mol. The van der Waals surface area contributed by atoms with Crippen molar-refractivity contribution in [2.45, 2.75) is 64.2 Å². The normalized spacial score (nSPS) is 20.0. The van der Waals surface area contributed by atoms with Gasteiger partial charge < -0.3 is 25.3 Å². The highest BCUT2D eigenvalue weighted by Gasteiger charge is 2.42. The summed E-state index contributed by atoms with van der Waals surface area (Å²) in [5.74, 6) is 1.97. The van der Waals surface area contributed by atoms with E-state index in [2.05, 4.69) is 53.0 Å². The van der Waals surface area contributed by atoms with E-state index in [-0.39, 0.29) is 24.0 Å². The molecule has 10 nitrogen and oxygen atoms in total. The van der Waals surface area contributed by atoms with Crippen LogP contribution in [0.25, 0.3) is 28.1 Å². The number of nitrogens with zero attached hydrogens (tertiary/aromatic N) is 6. The Morgan fingerprint density at radius 2 is 2.02 bits per heavy atom. The zero-order valence-electron chi connectivity index (χ0n) is 25.2. The summed E-state index contributed by atoms with van der Waals surface area (Å²) in [7, 11) is 1.63. The summed E-state index contributed by atoms with van der Waals surface area (Å²) in [6.07, 6.45) is 7.99. The maximum atomic E-state index is 13.7. The zero-order chi connectivity index (χ0) is 30.1. The Hall–Kier alpha value is -4.70. The molecule has 0 spiro atoms. The molecule has 8 rings (SSSR count). The minimum atomic E-state index is -0.0834. The molecule has 3 N–H and O–H groups in total. The lowest BCUT2D eigenvalue weighted by atomic mass is 10.0. The lowest BCUT2D eigenvalue weighted by Gasteiger charge is -2.20. The number of nitrogens with one attached hydrogen (secondary N) is 1. The third kappa shape index (κ3) is 4.35. The number of carbonyl (C=O) groups excluding carboxylic acids is 1. The topological polar surface area (TPSA) is 116 Å². The molecular formula is C34H36N8O2. The number of amides is 1. The predicted octanol–water partition coefficient (Wildman–Crippen LogP) is 5.48. The van der Waals surface area contributed by atoms with Crippen molar-refractivity contribution in [1.29, 1.82) is 0 Å². The SMILES string of the molecule is COc1cc(C(=O)N2C3=CC[C@H]2C[C@H]3N)cc2nc(-c3cc4ccc([C@@H](C)Nc5ccccn5)nc4n3CC3CC3)c(C)n12. The number of hydrogen-bond acceptors (Lipinski definition) is 7. The second-order valence-corrected chi connectivity index (χ2v) is 12.4. The second-order valence-electron chi connectivity index (χ2n) is 12.4. The molecule has 2 bridgehead atoms. The average molecular weight is 589 g/mol. The van der Waals surface area contributed by atoms with Crippen LogP contribution in [0.2, 0.25) is 0 Å². The molecule has 2 fully saturated rings. The van der Waals surface area contributed by atoms with Gasteiger partial charge in [-0.05, 0) is 81.8 Å². The van der Waals surface area contributed by atoms with Gasteiger partial charge in [-0.1, -0.05) is 12.1 Å². The van der Waals surface area contributed by atoms with Gasteiger partial charge >= 0.3 is 0 Å². The Bertz CT molecular complexity index is 1950. The van der Waals surface area contributed by atoms with E-state index < -0.39 is 0 Å². The first kappa shape index (κ1) is 26.9. The van der Waals surface area contributed by atoms with Gasteiger partial charge in [-0.2, -0.15) is 0 Å². The quantitative estimate of drug-likeness (QED) is 0.247. The van der Waals surface area contributed by atoms with E-state index in [1.54, 1.807) is 13.3 Å². The van der Waals surface area contributed by atoms with Crippen molar-refractivity contribution >= 4 is 28.4 Å². The van der Waals surface area contributed by atoms with Crippen molar-refractivity contribution in [3.05, 3.63) is 83.5 Å². The number of nitrogens with two attached hydrogens (primary N) is 1. The van der Waals surface area contributed by atoms with Gasteiger partial charge in [0, 0.05) is 47.5 Å². The number of aromatic nitrogens is 5. The Labute approximate surface area is 255 Å². The molecule has 224 valence electrons. The molecule has 7 heterocycles. The van der Waals surface area contributed by atoms with Gasteiger partial charge in [0.15, 0.2) is 5.88 Å². The Morgan fingerprint density at radius 3 is 2.73 bits per heavy atom. The van der Waals surface area contributed by atoms with E-state index in [4.69, 9.17) is 20.4 Å². The number of methoxy groups -OCH3 is 1. The number of rotatable bonds is 8. The molecule has 5 aromatic rings. The van der Waals surface area contributed by atoms with Gasteiger partial charge in [0.2, 0.25) is 0 Å². The molecule has 3 atom stereocenters. The molecule has 1 amide bonds. The van der Waals surface area contributed by atoms with Crippen LogP contribution in [0.3, 0.4) is 0 Å². The molecule has 1 aliphatic carbocycles. The van der Waals surface area contributed by atoms with Gasteiger partial charge in [-0.25, -0.2) is 15.0 Å². The first-order chi connectivity index (χ1) is 21.4. The summed E-state index contributed by atoms with van der Waals surface area (Å²) in [5, 5.41) is 4.54. The van der Waals surface area contributed by atoms with Crippen LogP contribution in [0.15, 0.2) is 66.5 Å². The minimum absolute atomic E-state index is 0.0182. The summed E-state index contributed by atoms with van der Waals surface area (Å²) in [5.41, 5.74) is 13.2. The molecule has 5 aromatic heterocycles. The lowest BCUT2D eigenvalue weighted by Crippen LogP contribution is -2.31. The van der Waals surface area contributed by atoms with Gasteiger partial charge in [-0.15, -0.1) is 0 Å². The van der Waals surface area contributed by atoms with Crippen molar-refractivity contribution in [1.82, 2.24) is 28.8 Å². The molecule has 0 radical (unpaired) electrons. The van der Waals surface area contributed by atoms with Crippen LogP contribution in [0, 0.1) is 12.8 Å². The Morgan fingerprint density at radius 1 is 1.16 bits per heavy atom. The number of imidazole rings is 1. The molecule has 2 aliphatic heterocycles. The minimum Gasteiger partial charge on any atom is -0.482 e. The standard InChI is InChI=1S/C34H36N8O2/c1-19(37-29-6-4-5-13-36-29)26-11-9-22-14-28(40(33(22)38-26)18-21-7-8-21)32-20(2)41-30(39-32)15-23(16-31(41)44-3)34(43)42-24-10-12-27(42)25(35)17-24/h4-6,9,11-16,19,21,24-25H,7-8,10,17-18,35H2,1-3H3,(H,36,37)/t19-,24+,25-/m1/s1. The van der Waals surface area contributed by atoms with Crippen LogP contribution in [-0.4, -0.2) is 53.9 Å². The Balaban J connectivity index is 1.21. The maximum Gasteiger partial charge on any atom is 0.258 e. The van der Waals surface area contributed by atoms with Gasteiger partial charge in [0.05, 0.1) is 30.2 Å². The van der Waals surface area contributed by atoms with Crippen LogP contribution >= 0.6 is 0 Å². The molecule has 1 saturated carbocycles.